The highest BCUT2D eigenvalue weighted by Crippen LogP contribution is 2.29. The van der Waals surface area contributed by atoms with E-state index in [1.807, 2.05) is 0 Å². The summed E-state index contributed by atoms with van der Waals surface area (Å²) in [6.07, 6.45) is 8.47. The molecule has 0 unspecified atom stereocenters. The first-order valence-electron chi connectivity index (χ1n) is 10.3. The second kappa shape index (κ2) is 9.05. The van der Waals surface area contributed by atoms with Gasteiger partial charge in [0.15, 0.2) is 17.5 Å². The molecule has 2 amide bonds. The number of pyridine rings is 1. The number of fused-ring (bicyclic) bond motifs is 1. The van der Waals surface area contributed by atoms with Crippen LogP contribution in [0.1, 0.15) is 25.7 Å². The first-order chi connectivity index (χ1) is 14.9. The zero-order valence-electron chi connectivity index (χ0n) is 17.5. The molecule has 3 aromatic rings. The zero-order chi connectivity index (χ0) is 22.0. The van der Waals surface area contributed by atoms with Gasteiger partial charge in [-0.2, -0.15) is 0 Å². The van der Waals surface area contributed by atoms with Gasteiger partial charge in [-0.1, -0.05) is 24.4 Å². The van der Waals surface area contributed by atoms with Gasteiger partial charge in [0.25, 0.3) is 0 Å². The van der Waals surface area contributed by atoms with Crippen LogP contribution in [0.2, 0.25) is 5.02 Å². The van der Waals surface area contributed by atoms with Crippen molar-refractivity contribution in [3.8, 4) is 11.4 Å². The predicted octanol–water partition coefficient (Wildman–Crippen LogP) is 4.05. The molecule has 3 N–H and O–H groups in total. The second-order valence-electron chi connectivity index (χ2n) is 8.02. The maximum absolute atomic E-state index is 14.5. The molecule has 10 heteroatoms. The second-order valence-corrected chi connectivity index (χ2v) is 8.45. The molecule has 0 aliphatic heterocycles. The number of rotatable bonds is 5. The topological polar surface area (TPSA) is 98.8 Å². The smallest absolute Gasteiger partial charge is 0.317 e. The third kappa shape index (κ3) is 4.71. The monoisotopic (exact) mass is 445 g/mol. The lowest BCUT2D eigenvalue weighted by Gasteiger charge is -2.33. The van der Waals surface area contributed by atoms with Crippen molar-refractivity contribution in [1.82, 2.24) is 30.2 Å². The molecule has 1 aliphatic rings. The van der Waals surface area contributed by atoms with E-state index in [-0.39, 0.29) is 23.8 Å². The van der Waals surface area contributed by atoms with Gasteiger partial charge < -0.3 is 20.5 Å². The Labute approximate surface area is 184 Å². The molecule has 0 saturated heterocycles. The highest BCUT2D eigenvalue weighted by atomic mass is 35.5. The number of nitrogens with one attached hydrogen (secondary N) is 3. The Kier molecular flexibility index (Phi) is 6.22. The van der Waals surface area contributed by atoms with Crippen molar-refractivity contribution in [3.63, 3.8) is 0 Å². The van der Waals surface area contributed by atoms with Crippen molar-refractivity contribution in [1.29, 1.82) is 0 Å². The Morgan fingerprint density at radius 2 is 2.10 bits per heavy atom. The number of urea groups is 1. The summed E-state index contributed by atoms with van der Waals surface area (Å²) in [7, 11) is 3.44. The third-order valence-corrected chi connectivity index (χ3v) is 5.85. The SMILES string of the molecule is CN(C)C(=O)N[C@@H]1CCCC[C@H]1CNc1nc(-c2c[nH]c3ncc(Cl)cc23)ncc1F. The van der Waals surface area contributed by atoms with E-state index in [4.69, 9.17) is 11.6 Å². The van der Waals surface area contributed by atoms with E-state index >= 15 is 0 Å². The number of hydrogen-bond acceptors (Lipinski definition) is 5. The lowest BCUT2D eigenvalue weighted by Crippen LogP contribution is -2.48. The fraction of sp³-hybridized carbons (Fsp3) is 0.429. The molecule has 3 aromatic heterocycles. The fourth-order valence-corrected chi connectivity index (χ4v) is 4.10. The molecular formula is C21H25ClFN7O. The molecule has 0 aromatic carbocycles. The van der Waals surface area contributed by atoms with Gasteiger partial charge in [0.05, 0.1) is 11.2 Å². The highest BCUT2D eigenvalue weighted by Gasteiger charge is 2.27. The van der Waals surface area contributed by atoms with Crippen LogP contribution in [0.15, 0.2) is 24.7 Å². The number of amides is 2. The van der Waals surface area contributed by atoms with Crippen molar-refractivity contribution in [2.45, 2.75) is 31.7 Å². The van der Waals surface area contributed by atoms with Gasteiger partial charge in [-0.05, 0) is 24.8 Å². The standard InChI is InChI=1S/C21H25ClFN7O/c1-30(2)21(31)28-17-6-4-3-5-12(17)8-24-20-16(23)11-27-19(29-20)15-10-26-18-14(15)7-13(22)9-25-18/h7,9-12,17H,3-6,8H2,1-2H3,(H,25,26)(H,28,31)(H,24,27,29)/t12-,17+/m0/s1. The number of aromatic nitrogens is 4. The molecule has 1 fully saturated rings. The Bertz CT molecular complexity index is 1090. The minimum Gasteiger partial charge on any atom is -0.367 e. The number of anilines is 1. The summed E-state index contributed by atoms with van der Waals surface area (Å²) in [5, 5.41) is 7.47. The van der Waals surface area contributed by atoms with Crippen LogP contribution in [-0.4, -0.2) is 57.5 Å². The molecular weight excluding hydrogens is 421 g/mol. The summed E-state index contributed by atoms with van der Waals surface area (Å²) in [5.41, 5.74) is 1.35. The number of hydrogen-bond donors (Lipinski definition) is 3. The number of halogens is 2. The van der Waals surface area contributed by atoms with E-state index in [2.05, 4.69) is 30.6 Å². The van der Waals surface area contributed by atoms with Gasteiger partial charge in [-0.25, -0.2) is 24.1 Å². The van der Waals surface area contributed by atoms with Crippen LogP contribution in [0, 0.1) is 11.7 Å². The van der Waals surface area contributed by atoms with Crippen molar-refractivity contribution < 1.29 is 9.18 Å². The molecule has 31 heavy (non-hydrogen) atoms. The average molecular weight is 446 g/mol. The molecule has 1 aliphatic carbocycles. The third-order valence-electron chi connectivity index (χ3n) is 5.64. The quantitative estimate of drug-likeness (QED) is 0.550. The van der Waals surface area contributed by atoms with E-state index in [9.17, 15) is 9.18 Å². The Hall–Kier alpha value is -2.94. The number of aromatic amines is 1. The van der Waals surface area contributed by atoms with E-state index in [0.29, 0.717) is 28.6 Å². The summed E-state index contributed by atoms with van der Waals surface area (Å²) < 4.78 is 14.5. The molecule has 0 radical (unpaired) electrons. The average Bonchev–Trinajstić information content (AvgIpc) is 3.17. The van der Waals surface area contributed by atoms with Gasteiger partial charge in [-0.3, -0.25) is 0 Å². The molecule has 8 nitrogen and oxygen atoms in total. The molecule has 0 spiro atoms. The molecule has 164 valence electrons. The van der Waals surface area contributed by atoms with Crippen LogP contribution in [0.25, 0.3) is 22.4 Å². The minimum atomic E-state index is -0.524. The summed E-state index contributed by atoms with van der Waals surface area (Å²) in [6.45, 7) is 0.507. The summed E-state index contributed by atoms with van der Waals surface area (Å²) >= 11 is 6.07. The van der Waals surface area contributed by atoms with E-state index in [1.54, 1.807) is 32.6 Å². The van der Waals surface area contributed by atoms with Crippen LogP contribution in [-0.2, 0) is 0 Å². The van der Waals surface area contributed by atoms with E-state index in [1.165, 1.54) is 4.90 Å². The van der Waals surface area contributed by atoms with Crippen molar-refractivity contribution in [2.24, 2.45) is 5.92 Å². The van der Waals surface area contributed by atoms with Gasteiger partial charge in [0.1, 0.15) is 5.65 Å². The summed E-state index contributed by atoms with van der Waals surface area (Å²) in [6, 6.07) is 1.71. The number of H-pyrrole nitrogens is 1. The van der Waals surface area contributed by atoms with Crippen molar-refractivity contribution >= 4 is 34.5 Å². The minimum absolute atomic E-state index is 0.0438. The van der Waals surface area contributed by atoms with Gasteiger partial charge in [-0.15, -0.1) is 0 Å². The predicted molar refractivity (Wildman–Crippen MR) is 119 cm³/mol. The summed E-state index contributed by atoms with van der Waals surface area (Å²) in [5.74, 6) is 0.175. The van der Waals surface area contributed by atoms with Crippen molar-refractivity contribution in [2.75, 3.05) is 26.0 Å². The lowest BCUT2D eigenvalue weighted by atomic mass is 9.84. The van der Waals surface area contributed by atoms with Crippen LogP contribution >= 0.6 is 11.6 Å². The Morgan fingerprint density at radius 3 is 2.90 bits per heavy atom. The maximum Gasteiger partial charge on any atom is 0.317 e. The van der Waals surface area contributed by atoms with Gasteiger partial charge in [0, 0.05) is 50.0 Å². The number of carbonyl (C=O) groups excluding carboxylic acids is 1. The highest BCUT2D eigenvalue weighted by molar-refractivity contribution is 6.31. The number of carbonyl (C=O) groups is 1. The van der Waals surface area contributed by atoms with Crippen molar-refractivity contribution in [3.05, 3.63) is 35.5 Å². The van der Waals surface area contributed by atoms with Crippen LogP contribution < -0.4 is 10.6 Å². The van der Waals surface area contributed by atoms with E-state index < -0.39 is 5.82 Å². The normalized spacial score (nSPS) is 18.7. The zero-order valence-corrected chi connectivity index (χ0v) is 18.2. The molecule has 1 saturated carbocycles. The van der Waals surface area contributed by atoms with Crippen LogP contribution in [0.3, 0.4) is 0 Å². The first-order valence-corrected chi connectivity index (χ1v) is 10.7. The fourth-order valence-electron chi connectivity index (χ4n) is 3.94. The van der Waals surface area contributed by atoms with Crippen LogP contribution in [0.5, 0.6) is 0 Å². The largest absolute Gasteiger partial charge is 0.367 e. The molecule has 0 bridgehead atoms. The maximum atomic E-state index is 14.5. The van der Waals surface area contributed by atoms with Gasteiger partial charge in [0.2, 0.25) is 0 Å². The first kappa shape index (κ1) is 21.3. The summed E-state index contributed by atoms with van der Waals surface area (Å²) in [4.78, 5) is 29.5. The molecule has 3 heterocycles. The Balaban J connectivity index is 1.52. The molecule has 4 rings (SSSR count). The molecule has 2 atom stereocenters. The Morgan fingerprint density at radius 1 is 1.29 bits per heavy atom. The van der Waals surface area contributed by atoms with E-state index in [0.717, 1.165) is 37.3 Å². The van der Waals surface area contributed by atoms with Crippen LogP contribution in [0.4, 0.5) is 15.0 Å². The van der Waals surface area contributed by atoms with Gasteiger partial charge >= 0.3 is 6.03 Å². The number of nitrogens with zero attached hydrogens (tertiary/aromatic N) is 4. The lowest BCUT2D eigenvalue weighted by molar-refractivity contribution is 0.198.